The predicted molar refractivity (Wildman–Crippen MR) is 60.1 cm³/mol. The van der Waals surface area contributed by atoms with Gasteiger partial charge in [-0.2, -0.15) is 0 Å². The van der Waals surface area contributed by atoms with Crippen LogP contribution in [0.3, 0.4) is 0 Å². The zero-order valence-corrected chi connectivity index (χ0v) is 9.58. The van der Waals surface area contributed by atoms with Crippen LogP contribution < -0.4 is 5.73 Å². The summed E-state index contributed by atoms with van der Waals surface area (Å²) >= 11 is 0. The van der Waals surface area contributed by atoms with Gasteiger partial charge in [-0.3, -0.25) is 4.90 Å². The molecule has 2 rings (SSSR count). The molecular weight excluding hydrogens is 172 g/mol. The minimum Gasteiger partial charge on any atom is -0.325 e. The number of likely N-dealkylation sites (tertiary alicyclic amines) is 1. The van der Waals surface area contributed by atoms with E-state index in [1.165, 1.54) is 25.7 Å². The smallest absolute Gasteiger partial charge is 0.0297 e. The summed E-state index contributed by atoms with van der Waals surface area (Å²) < 4.78 is 0. The molecule has 2 heteroatoms. The molecular formula is C12H24N2. The number of hydrogen-bond donors (Lipinski definition) is 1. The van der Waals surface area contributed by atoms with Crippen LogP contribution in [0.1, 0.15) is 39.5 Å². The summed E-state index contributed by atoms with van der Waals surface area (Å²) in [6.45, 7) is 7.05. The molecule has 0 spiro atoms. The number of hydrogen-bond acceptors (Lipinski definition) is 2. The molecule has 2 unspecified atom stereocenters. The lowest BCUT2D eigenvalue weighted by atomic mass is 9.76. The first-order valence-electron chi connectivity index (χ1n) is 6.18. The summed E-state index contributed by atoms with van der Waals surface area (Å²) in [4.78, 5) is 2.62. The van der Waals surface area contributed by atoms with Gasteiger partial charge in [-0.25, -0.2) is 0 Å². The van der Waals surface area contributed by atoms with Crippen molar-refractivity contribution in [3.8, 4) is 0 Å². The molecule has 1 aliphatic carbocycles. The maximum Gasteiger partial charge on any atom is 0.0297 e. The van der Waals surface area contributed by atoms with E-state index in [9.17, 15) is 0 Å². The molecule has 1 aliphatic heterocycles. The lowest BCUT2D eigenvalue weighted by Gasteiger charge is -2.48. The Morgan fingerprint density at radius 2 is 1.79 bits per heavy atom. The molecule has 0 aromatic rings. The number of rotatable bonds is 2. The van der Waals surface area contributed by atoms with Crippen molar-refractivity contribution >= 4 is 0 Å². The summed E-state index contributed by atoms with van der Waals surface area (Å²) in [7, 11) is 0. The minimum atomic E-state index is 0.463. The van der Waals surface area contributed by atoms with Crippen LogP contribution in [0.2, 0.25) is 0 Å². The monoisotopic (exact) mass is 196 g/mol. The molecule has 0 aromatic carbocycles. The van der Waals surface area contributed by atoms with Gasteiger partial charge in [-0.1, -0.05) is 26.7 Å². The van der Waals surface area contributed by atoms with E-state index in [1.807, 2.05) is 0 Å². The fraction of sp³-hybridized carbons (Fsp3) is 1.00. The standard InChI is InChI=1S/C12H24N2/c1-9(2)11-5-3-4-6-12(11)14-7-10(13)8-14/h9-12H,3-8,13H2,1-2H3. The van der Waals surface area contributed by atoms with Crippen LogP contribution in [0.5, 0.6) is 0 Å². The highest BCUT2D eigenvalue weighted by Gasteiger charge is 2.36. The average molecular weight is 196 g/mol. The van der Waals surface area contributed by atoms with Gasteiger partial charge in [-0.15, -0.1) is 0 Å². The Hall–Kier alpha value is -0.0800. The lowest BCUT2D eigenvalue weighted by molar-refractivity contribution is 0.0209. The molecule has 2 N–H and O–H groups in total. The fourth-order valence-electron chi connectivity index (χ4n) is 3.19. The van der Waals surface area contributed by atoms with Crippen LogP contribution >= 0.6 is 0 Å². The molecule has 2 atom stereocenters. The Kier molecular flexibility index (Phi) is 3.13. The zero-order valence-electron chi connectivity index (χ0n) is 9.58. The van der Waals surface area contributed by atoms with Crippen LogP contribution in [0.15, 0.2) is 0 Å². The first-order valence-corrected chi connectivity index (χ1v) is 6.18. The molecule has 1 saturated carbocycles. The Bertz CT molecular complexity index is 185. The van der Waals surface area contributed by atoms with Gasteiger partial charge in [0.2, 0.25) is 0 Å². The maximum atomic E-state index is 5.86. The topological polar surface area (TPSA) is 29.3 Å². The summed E-state index contributed by atoms with van der Waals surface area (Å²) in [5.41, 5.74) is 5.86. The maximum absolute atomic E-state index is 5.86. The highest BCUT2D eigenvalue weighted by Crippen LogP contribution is 2.35. The van der Waals surface area contributed by atoms with Crippen molar-refractivity contribution in [2.45, 2.75) is 51.6 Å². The molecule has 1 heterocycles. The van der Waals surface area contributed by atoms with E-state index in [2.05, 4.69) is 18.7 Å². The average Bonchev–Trinajstić information content (AvgIpc) is 2.13. The molecule has 82 valence electrons. The van der Waals surface area contributed by atoms with E-state index in [1.54, 1.807) is 0 Å². The first-order chi connectivity index (χ1) is 6.68. The predicted octanol–water partition coefficient (Wildman–Crippen LogP) is 1.84. The van der Waals surface area contributed by atoms with Gasteiger partial charge in [-0.05, 0) is 24.7 Å². The van der Waals surface area contributed by atoms with Gasteiger partial charge in [0.1, 0.15) is 0 Å². The minimum absolute atomic E-state index is 0.463. The quantitative estimate of drug-likeness (QED) is 0.730. The highest BCUT2D eigenvalue weighted by molar-refractivity contribution is 4.93. The largest absolute Gasteiger partial charge is 0.325 e. The van der Waals surface area contributed by atoms with Gasteiger partial charge < -0.3 is 5.73 Å². The van der Waals surface area contributed by atoms with Crippen LogP contribution in [0, 0.1) is 11.8 Å². The van der Waals surface area contributed by atoms with E-state index < -0.39 is 0 Å². The van der Waals surface area contributed by atoms with Crippen molar-refractivity contribution < 1.29 is 0 Å². The molecule has 2 nitrogen and oxygen atoms in total. The molecule has 0 aromatic heterocycles. The Balaban J connectivity index is 1.93. The summed E-state index contributed by atoms with van der Waals surface area (Å²) in [6.07, 6.45) is 5.72. The Morgan fingerprint density at radius 3 is 2.36 bits per heavy atom. The number of nitrogens with two attached hydrogens (primary N) is 1. The van der Waals surface area contributed by atoms with Gasteiger partial charge >= 0.3 is 0 Å². The summed E-state index contributed by atoms with van der Waals surface area (Å²) in [5.74, 6) is 1.77. The van der Waals surface area contributed by atoms with Crippen LogP contribution in [-0.2, 0) is 0 Å². The van der Waals surface area contributed by atoms with E-state index in [4.69, 9.17) is 5.73 Å². The Morgan fingerprint density at radius 1 is 1.14 bits per heavy atom. The van der Waals surface area contributed by atoms with Crippen LogP contribution in [-0.4, -0.2) is 30.1 Å². The van der Waals surface area contributed by atoms with Crippen molar-refractivity contribution in [3.63, 3.8) is 0 Å². The second-order valence-corrected chi connectivity index (χ2v) is 5.47. The molecule has 2 fully saturated rings. The third-order valence-corrected chi connectivity index (χ3v) is 4.04. The van der Waals surface area contributed by atoms with Gasteiger partial charge in [0, 0.05) is 25.2 Å². The highest BCUT2D eigenvalue weighted by atomic mass is 15.2. The van der Waals surface area contributed by atoms with E-state index >= 15 is 0 Å². The van der Waals surface area contributed by atoms with Crippen LogP contribution in [0.25, 0.3) is 0 Å². The lowest BCUT2D eigenvalue weighted by Crippen LogP contribution is -2.61. The van der Waals surface area contributed by atoms with Crippen LogP contribution in [0.4, 0.5) is 0 Å². The molecule has 1 saturated heterocycles. The molecule has 2 aliphatic rings. The summed E-state index contributed by atoms with van der Waals surface area (Å²) in [5, 5.41) is 0. The molecule has 0 radical (unpaired) electrons. The molecule has 0 amide bonds. The second kappa shape index (κ2) is 4.19. The first kappa shape index (κ1) is 10.4. The van der Waals surface area contributed by atoms with Gasteiger partial charge in [0.25, 0.3) is 0 Å². The molecule has 0 bridgehead atoms. The SMILES string of the molecule is CC(C)C1CCCCC1N1CC(N)C1. The fourth-order valence-corrected chi connectivity index (χ4v) is 3.19. The van der Waals surface area contributed by atoms with Crippen molar-refractivity contribution in [2.24, 2.45) is 17.6 Å². The van der Waals surface area contributed by atoms with Crippen molar-refractivity contribution in [1.29, 1.82) is 0 Å². The molecule has 14 heavy (non-hydrogen) atoms. The third-order valence-electron chi connectivity index (χ3n) is 4.04. The normalized spacial score (nSPS) is 36.0. The van der Waals surface area contributed by atoms with E-state index in [-0.39, 0.29) is 0 Å². The summed E-state index contributed by atoms with van der Waals surface area (Å²) in [6, 6.07) is 1.31. The van der Waals surface area contributed by atoms with Crippen molar-refractivity contribution in [2.75, 3.05) is 13.1 Å². The van der Waals surface area contributed by atoms with Gasteiger partial charge in [0.15, 0.2) is 0 Å². The van der Waals surface area contributed by atoms with Crippen molar-refractivity contribution in [3.05, 3.63) is 0 Å². The number of nitrogens with zero attached hydrogens (tertiary/aromatic N) is 1. The Labute approximate surface area is 87.8 Å². The van der Waals surface area contributed by atoms with E-state index in [0.717, 1.165) is 31.0 Å². The third kappa shape index (κ3) is 1.96. The van der Waals surface area contributed by atoms with Crippen molar-refractivity contribution in [1.82, 2.24) is 4.90 Å². The van der Waals surface area contributed by atoms with Gasteiger partial charge in [0.05, 0.1) is 0 Å². The second-order valence-electron chi connectivity index (χ2n) is 5.47. The zero-order chi connectivity index (χ0) is 10.1. The van der Waals surface area contributed by atoms with E-state index in [0.29, 0.717) is 6.04 Å².